The summed E-state index contributed by atoms with van der Waals surface area (Å²) < 4.78 is 0. The van der Waals surface area contributed by atoms with Crippen LogP contribution in [0, 0.1) is 5.92 Å². The van der Waals surface area contributed by atoms with Crippen LogP contribution in [-0.2, 0) is 9.59 Å². The lowest BCUT2D eigenvalue weighted by Crippen LogP contribution is -2.51. The van der Waals surface area contributed by atoms with Crippen LogP contribution in [0.5, 0.6) is 0 Å². The summed E-state index contributed by atoms with van der Waals surface area (Å²) in [5.41, 5.74) is 0. The van der Waals surface area contributed by atoms with E-state index in [1.807, 2.05) is 0 Å². The Morgan fingerprint density at radius 2 is 2.00 bits per heavy atom. The third-order valence-electron chi connectivity index (χ3n) is 4.11. The van der Waals surface area contributed by atoms with Crippen LogP contribution in [0.3, 0.4) is 0 Å². The second-order valence-electron chi connectivity index (χ2n) is 5.55. The predicted octanol–water partition coefficient (Wildman–Crippen LogP) is 0.925. The molecule has 2 aliphatic rings. The molecule has 5 nitrogen and oxygen atoms in total. The summed E-state index contributed by atoms with van der Waals surface area (Å²) in [7, 11) is 0. The van der Waals surface area contributed by atoms with Crippen LogP contribution in [0.2, 0.25) is 0 Å². The van der Waals surface area contributed by atoms with Gasteiger partial charge < -0.3 is 15.5 Å². The van der Waals surface area contributed by atoms with E-state index in [0.717, 1.165) is 38.9 Å². The van der Waals surface area contributed by atoms with E-state index in [1.54, 1.807) is 0 Å². The molecule has 0 aromatic heterocycles. The van der Waals surface area contributed by atoms with E-state index in [4.69, 9.17) is 0 Å². The SMILES string of the molecule is CCCN(C(=O)C1CCC(=O)NC1)C1CCNCC1.Cl. The summed E-state index contributed by atoms with van der Waals surface area (Å²) in [4.78, 5) is 25.9. The fourth-order valence-corrected chi connectivity index (χ4v) is 3.01. The van der Waals surface area contributed by atoms with Crippen molar-refractivity contribution in [1.29, 1.82) is 0 Å². The molecule has 116 valence electrons. The highest BCUT2D eigenvalue weighted by atomic mass is 35.5. The van der Waals surface area contributed by atoms with Gasteiger partial charge in [-0.1, -0.05) is 6.92 Å². The van der Waals surface area contributed by atoms with E-state index < -0.39 is 0 Å². The van der Waals surface area contributed by atoms with Crippen LogP contribution in [0.4, 0.5) is 0 Å². The highest BCUT2D eigenvalue weighted by Gasteiger charge is 2.32. The molecule has 0 aromatic carbocycles. The molecule has 2 heterocycles. The number of carbonyl (C=O) groups excluding carboxylic acids is 2. The molecule has 1 atom stereocenters. The zero-order valence-electron chi connectivity index (χ0n) is 12.2. The molecule has 20 heavy (non-hydrogen) atoms. The van der Waals surface area contributed by atoms with Crippen molar-refractivity contribution in [3.63, 3.8) is 0 Å². The Balaban J connectivity index is 0.00000200. The van der Waals surface area contributed by atoms with Gasteiger partial charge in [-0.25, -0.2) is 0 Å². The van der Waals surface area contributed by atoms with E-state index in [-0.39, 0.29) is 30.1 Å². The third kappa shape index (κ3) is 4.35. The summed E-state index contributed by atoms with van der Waals surface area (Å²) in [6.07, 6.45) is 4.28. The fraction of sp³-hybridized carbons (Fsp3) is 0.857. The summed E-state index contributed by atoms with van der Waals surface area (Å²) in [6.45, 7) is 5.47. The number of amides is 2. The molecule has 2 amide bonds. The van der Waals surface area contributed by atoms with Gasteiger partial charge in [-0.2, -0.15) is 0 Å². The quantitative estimate of drug-likeness (QED) is 0.812. The minimum Gasteiger partial charge on any atom is -0.355 e. The number of halogens is 1. The first-order valence-electron chi connectivity index (χ1n) is 7.50. The molecule has 6 heteroatoms. The largest absolute Gasteiger partial charge is 0.355 e. The molecule has 2 saturated heterocycles. The van der Waals surface area contributed by atoms with Crippen molar-refractivity contribution in [1.82, 2.24) is 15.5 Å². The molecule has 2 rings (SSSR count). The fourth-order valence-electron chi connectivity index (χ4n) is 3.01. The van der Waals surface area contributed by atoms with Crippen LogP contribution in [0.15, 0.2) is 0 Å². The minimum atomic E-state index is -0.0147. The van der Waals surface area contributed by atoms with Crippen LogP contribution in [0.25, 0.3) is 0 Å². The molecule has 2 aliphatic heterocycles. The first-order chi connectivity index (χ1) is 9.22. The molecule has 2 N–H and O–H groups in total. The zero-order valence-corrected chi connectivity index (χ0v) is 13.0. The summed E-state index contributed by atoms with van der Waals surface area (Å²) >= 11 is 0. The van der Waals surface area contributed by atoms with Crippen molar-refractivity contribution in [3.8, 4) is 0 Å². The first-order valence-corrected chi connectivity index (χ1v) is 7.50. The molecular weight excluding hydrogens is 278 g/mol. The average Bonchev–Trinajstić information content (AvgIpc) is 2.46. The molecule has 2 fully saturated rings. The second-order valence-corrected chi connectivity index (χ2v) is 5.55. The number of piperidine rings is 2. The van der Waals surface area contributed by atoms with Gasteiger partial charge >= 0.3 is 0 Å². The van der Waals surface area contributed by atoms with Gasteiger partial charge in [0.2, 0.25) is 11.8 Å². The van der Waals surface area contributed by atoms with Crippen LogP contribution < -0.4 is 10.6 Å². The first kappa shape index (κ1) is 17.2. The molecule has 1 unspecified atom stereocenters. The van der Waals surface area contributed by atoms with Crippen molar-refractivity contribution >= 4 is 24.2 Å². The van der Waals surface area contributed by atoms with Gasteiger partial charge in [-0.3, -0.25) is 9.59 Å². The van der Waals surface area contributed by atoms with Crippen molar-refractivity contribution in [3.05, 3.63) is 0 Å². The topological polar surface area (TPSA) is 61.4 Å². The lowest BCUT2D eigenvalue weighted by Gasteiger charge is -2.37. The Kier molecular flexibility index (Phi) is 7.30. The molecule has 0 aromatic rings. The number of hydrogen-bond donors (Lipinski definition) is 2. The van der Waals surface area contributed by atoms with Crippen LogP contribution in [0.1, 0.15) is 39.0 Å². The van der Waals surface area contributed by atoms with E-state index in [2.05, 4.69) is 22.5 Å². The lowest BCUT2D eigenvalue weighted by atomic mass is 9.95. The normalized spacial score (nSPS) is 23.6. The van der Waals surface area contributed by atoms with Crippen molar-refractivity contribution < 1.29 is 9.59 Å². The van der Waals surface area contributed by atoms with Crippen molar-refractivity contribution in [2.24, 2.45) is 5.92 Å². The Bertz CT molecular complexity index is 322. The van der Waals surface area contributed by atoms with Crippen molar-refractivity contribution in [2.75, 3.05) is 26.2 Å². The third-order valence-corrected chi connectivity index (χ3v) is 4.11. The van der Waals surface area contributed by atoms with Crippen LogP contribution in [-0.4, -0.2) is 48.9 Å². The highest BCUT2D eigenvalue weighted by Crippen LogP contribution is 2.19. The molecular formula is C14H26ClN3O2. The van der Waals surface area contributed by atoms with Gasteiger partial charge in [-0.15, -0.1) is 12.4 Å². The maximum Gasteiger partial charge on any atom is 0.227 e. The Hall–Kier alpha value is -0.810. The lowest BCUT2D eigenvalue weighted by molar-refractivity contribution is -0.140. The second kappa shape index (κ2) is 8.47. The molecule has 0 saturated carbocycles. The van der Waals surface area contributed by atoms with E-state index in [1.165, 1.54) is 0 Å². The van der Waals surface area contributed by atoms with E-state index >= 15 is 0 Å². The van der Waals surface area contributed by atoms with Gasteiger partial charge in [-0.05, 0) is 38.8 Å². The Morgan fingerprint density at radius 1 is 1.30 bits per heavy atom. The van der Waals surface area contributed by atoms with Gasteiger partial charge in [0.1, 0.15) is 0 Å². The monoisotopic (exact) mass is 303 g/mol. The Labute approximate surface area is 127 Å². The van der Waals surface area contributed by atoms with Gasteiger partial charge in [0.05, 0.1) is 5.92 Å². The molecule has 0 spiro atoms. The van der Waals surface area contributed by atoms with E-state index in [9.17, 15) is 9.59 Å². The number of rotatable bonds is 4. The van der Waals surface area contributed by atoms with Gasteiger partial charge in [0.25, 0.3) is 0 Å². The summed E-state index contributed by atoms with van der Waals surface area (Å²) in [6, 6.07) is 0.381. The van der Waals surface area contributed by atoms with Crippen molar-refractivity contribution in [2.45, 2.75) is 45.1 Å². The number of nitrogens with zero attached hydrogens (tertiary/aromatic N) is 1. The van der Waals surface area contributed by atoms with Crippen LogP contribution >= 0.6 is 12.4 Å². The summed E-state index contributed by atoms with van der Waals surface area (Å²) in [5.74, 6) is 0.306. The number of nitrogens with one attached hydrogen (secondary N) is 2. The molecule has 0 radical (unpaired) electrons. The number of hydrogen-bond acceptors (Lipinski definition) is 3. The zero-order chi connectivity index (χ0) is 13.7. The summed E-state index contributed by atoms with van der Waals surface area (Å²) in [5, 5.41) is 6.16. The van der Waals surface area contributed by atoms with Gasteiger partial charge in [0.15, 0.2) is 0 Å². The minimum absolute atomic E-state index is 0. The Morgan fingerprint density at radius 3 is 2.55 bits per heavy atom. The maximum atomic E-state index is 12.6. The smallest absolute Gasteiger partial charge is 0.227 e. The molecule has 0 bridgehead atoms. The molecule has 0 aliphatic carbocycles. The average molecular weight is 304 g/mol. The maximum absolute atomic E-state index is 12.6. The standard InChI is InChI=1S/C14H25N3O2.ClH/c1-2-9-17(12-5-7-15-8-6-12)14(19)11-3-4-13(18)16-10-11;/h11-12,15H,2-10H2,1H3,(H,16,18);1H. The van der Waals surface area contributed by atoms with E-state index in [0.29, 0.717) is 25.4 Å². The number of carbonyl (C=O) groups is 2. The highest BCUT2D eigenvalue weighted by molar-refractivity contribution is 5.85. The predicted molar refractivity (Wildman–Crippen MR) is 80.9 cm³/mol. The van der Waals surface area contributed by atoms with Gasteiger partial charge in [0, 0.05) is 25.6 Å².